The van der Waals surface area contributed by atoms with Crippen molar-refractivity contribution in [2.24, 2.45) is 0 Å². The van der Waals surface area contributed by atoms with Crippen LogP contribution in [-0.4, -0.2) is 35.8 Å². The highest BCUT2D eigenvalue weighted by Crippen LogP contribution is 2.42. The van der Waals surface area contributed by atoms with E-state index in [1.165, 1.54) is 18.9 Å². The number of hydrogen-bond acceptors (Lipinski definition) is 6. The molecule has 3 rings (SSSR count). The molecule has 26 heavy (non-hydrogen) atoms. The molecule has 0 fully saturated rings. The Bertz CT molecular complexity index is 910. The summed E-state index contributed by atoms with van der Waals surface area (Å²) < 4.78 is 10.8. The number of aromatic nitrogens is 2. The van der Waals surface area contributed by atoms with Gasteiger partial charge in [0, 0.05) is 23.7 Å². The van der Waals surface area contributed by atoms with E-state index in [1.54, 1.807) is 25.3 Å². The van der Waals surface area contributed by atoms with Crippen molar-refractivity contribution in [1.29, 1.82) is 0 Å². The Labute approximate surface area is 154 Å². The fourth-order valence-electron chi connectivity index (χ4n) is 3.01. The average Bonchev–Trinajstić information content (AvgIpc) is 2.64. The van der Waals surface area contributed by atoms with Gasteiger partial charge < -0.3 is 19.8 Å². The standard InChI is InChI=1S/C18H19N3O4S/c1-4-8-26-18-20-16-14(17(23)21-18)11(9-13(22)19-16)10-6-5-7-12(24-2)15(10)25-3/h4-7,11H,1,8-9H2,2-3H3,(H2,19,20,21,22,23)/t11-/m1/s1. The number of methoxy groups -OCH3 is 2. The number of H-pyrrole nitrogens is 1. The SMILES string of the molecule is C=CCSc1nc2c(c(=O)[nH]1)[C@@H](c1cccc(OC)c1OC)CC(=O)N2. The summed E-state index contributed by atoms with van der Waals surface area (Å²) in [6, 6.07) is 5.40. The Hall–Kier alpha value is -2.74. The zero-order valence-electron chi connectivity index (χ0n) is 14.5. The van der Waals surface area contributed by atoms with Gasteiger partial charge in [-0.25, -0.2) is 4.98 Å². The van der Waals surface area contributed by atoms with Crippen molar-refractivity contribution in [3.05, 3.63) is 52.3 Å². The van der Waals surface area contributed by atoms with Crippen LogP contribution in [-0.2, 0) is 4.79 Å². The Balaban J connectivity index is 2.14. The molecule has 0 saturated carbocycles. The van der Waals surface area contributed by atoms with Crippen LogP contribution in [0.15, 0.2) is 40.8 Å². The second-order valence-corrected chi connectivity index (χ2v) is 6.63. The van der Waals surface area contributed by atoms with Gasteiger partial charge in [0.25, 0.3) is 5.56 Å². The number of carbonyl (C=O) groups is 1. The number of rotatable bonds is 6. The first-order chi connectivity index (χ1) is 12.6. The number of benzene rings is 1. The summed E-state index contributed by atoms with van der Waals surface area (Å²) in [4.78, 5) is 32.1. The molecular formula is C18H19N3O4S. The van der Waals surface area contributed by atoms with Crippen LogP contribution < -0.4 is 20.3 Å². The number of para-hydroxylation sites is 1. The van der Waals surface area contributed by atoms with E-state index < -0.39 is 5.92 Å². The molecule has 1 aromatic carbocycles. The first kappa shape index (κ1) is 18.1. The van der Waals surface area contributed by atoms with E-state index >= 15 is 0 Å². The van der Waals surface area contributed by atoms with Gasteiger partial charge >= 0.3 is 0 Å². The van der Waals surface area contributed by atoms with Gasteiger partial charge in [-0.1, -0.05) is 30.0 Å². The van der Waals surface area contributed by atoms with Crippen molar-refractivity contribution in [1.82, 2.24) is 9.97 Å². The third-order valence-corrected chi connectivity index (χ3v) is 4.95. The predicted molar refractivity (Wildman–Crippen MR) is 100 cm³/mol. The molecule has 0 radical (unpaired) electrons. The zero-order chi connectivity index (χ0) is 18.7. The maximum absolute atomic E-state index is 12.7. The molecule has 2 N–H and O–H groups in total. The Morgan fingerprint density at radius 1 is 1.35 bits per heavy atom. The highest BCUT2D eigenvalue weighted by molar-refractivity contribution is 7.99. The molecule has 136 valence electrons. The minimum atomic E-state index is -0.474. The van der Waals surface area contributed by atoms with Gasteiger partial charge in [-0.3, -0.25) is 9.59 Å². The smallest absolute Gasteiger partial charge is 0.257 e. The van der Waals surface area contributed by atoms with Crippen molar-refractivity contribution in [2.75, 3.05) is 25.3 Å². The van der Waals surface area contributed by atoms with E-state index in [0.29, 0.717) is 33.5 Å². The number of nitrogens with one attached hydrogen (secondary N) is 2. The fraction of sp³-hybridized carbons (Fsp3) is 0.278. The number of fused-ring (bicyclic) bond motifs is 1. The first-order valence-electron chi connectivity index (χ1n) is 7.97. The van der Waals surface area contributed by atoms with Crippen LogP contribution in [0, 0.1) is 0 Å². The van der Waals surface area contributed by atoms with Crippen LogP contribution in [0.4, 0.5) is 5.82 Å². The maximum Gasteiger partial charge on any atom is 0.257 e. The van der Waals surface area contributed by atoms with Crippen LogP contribution in [0.2, 0.25) is 0 Å². The molecule has 0 unspecified atom stereocenters. The number of hydrogen-bond donors (Lipinski definition) is 2. The number of nitrogens with zero attached hydrogens (tertiary/aromatic N) is 1. The van der Waals surface area contributed by atoms with Gasteiger partial charge in [0.05, 0.1) is 19.8 Å². The summed E-state index contributed by atoms with van der Waals surface area (Å²) >= 11 is 1.34. The van der Waals surface area contributed by atoms with E-state index in [1.807, 2.05) is 6.07 Å². The predicted octanol–water partition coefficient (Wildman–Crippen LogP) is 2.54. The van der Waals surface area contributed by atoms with Gasteiger partial charge in [0.15, 0.2) is 16.7 Å². The van der Waals surface area contributed by atoms with Crippen LogP contribution in [0.1, 0.15) is 23.5 Å². The van der Waals surface area contributed by atoms with Crippen LogP contribution in [0.5, 0.6) is 11.5 Å². The highest BCUT2D eigenvalue weighted by Gasteiger charge is 2.33. The molecular weight excluding hydrogens is 354 g/mol. The van der Waals surface area contributed by atoms with E-state index in [0.717, 1.165) is 0 Å². The molecule has 0 bridgehead atoms. The van der Waals surface area contributed by atoms with E-state index in [2.05, 4.69) is 21.9 Å². The monoisotopic (exact) mass is 373 g/mol. The van der Waals surface area contributed by atoms with Crippen molar-refractivity contribution < 1.29 is 14.3 Å². The van der Waals surface area contributed by atoms with E-state index in [-0.39, 0.29) is 23.7 Å². The number of aromatic amines is 1. The third-order valence-electron chi connectivity index (χ3n) is 4.08. The molecule has 2 aromatic rings. The van der Waals surface area contributed by atoms with Crippen LogP contribution >= 0.6 is 11.8 Å². The third kappa shape index (κ3) is 3.32. The molecule has 2 heterocycles. The number of ether oxygens (including phenoxy) is 2. The van der Waals surface area contributed by atoms with Gasteiger partial charge in [-0.2, -0.15) is 0 Å². The molecule has 0 aliphatic carbocycles. The lowest BCUT2D eigenvalue weighted by atomic mass is 9.86. The van der Waals surface area contributed by atoms with Crippen LogP contribution in [0.25, 0.3) is 0 Å². The summed E-state index contributed by atoms with van der Waals surface area (Å²) in [6.07, 6.45) is 1.84. The van der Waals surface area contributed by atoms with Crippen molar-refractivity contribution in [3.8, 4) is 11.5 Å². The molecule has 1 amide bonds. The highest BCUT2D eigenvalue weighted by atomic mass is 32.2. The van der Waals surface area contributed by atoms with Gasteiger partial charge in [-0.05, 0) is 6.07 Å². The Kier molecular flexibility index (Phi) is 5.32. The molecule has 1 aliphatic rings. The minimum Gasteiger partial charge on any atom is -0.493 e. The molecule has 0 spiro atoms. The molecule has 1 atom stereocenters. The van der Waals surface area contributed by atoms with Gasteiger partial charge in [0.2, 0.25) is 5.91 Å². The fourth-order valence-corrected chi connectivity index (χ4v) is 3.61. The second-order valence-electron chi connectivity index (χ2n) is 5.62. The minimum absolute atomic E-state index is 0.125. The lowest BCUT2D eigenvalue weighted by Crippen LogP contribution is -2.31. The topological polar surface area (TPSA) is 93.3 Å². The summed E-state index contributed by atoms with van der Waals surface area (Å²) in [5, 5.41) is 3.14. The largest absolute Gasteiger partial charge is 0.493 e. The van der Waals surface area contributed by atoms with Crippen molar-refractivity contribution in [3.63, 3.8) is 0 Å². The quantitative estimate of drug-likeness (QED) is 0.459. The lowest BCUT2D eigenvalue weighted by molar-refractivity contribution is -0.116. The number of carbonyl (C=O) groups excluding carboxylic acids is 1. The number of anilines is 1. The lowest BCUT2D eigenvalue weighted by Gasteiger charge is -2.26. The molecule has 1 aromatic heterocycles. The summed E-state index contributed by atoms with van der Waals surface area (Å²) in [7, 11) is 3.07. The maximum atomic E-state index is 12.7. The van der Waals surface area contributed by atoms with Crippen molar-refractivity contribution in [2.45, 2.75) is 17.5 Å². The average molecular weight is 373 g/mol. The second kappa shape index (κ2) is 7.65. The summed E-state index contributed by atoms with van der Waals surface area (Å²) in [6.45, 7) is 3.65. The Morgan fingerprint density at radius 2 is 2.15 bits per heavy atom. The molecule has 8 heteroatoms. The van der Waals surface area contributed by atoms with Gasteiger partial charge in [0.1, 0.15) is 5.82 Å². The zero-order valence-corrected chi connectivity index (χ0v) is 15.3. The van der Waals surface area contributed by atoms with E-state index in [9.17, 15) is 9.59 Å². The molecule has 7 nitrogen and oxygen atoms in total. The summed E-state index contributed by atoms with van der Waals surface area (Å²) in [5.74, 6) is 1.25. The van der Waals surface area contributed by atoms with Crippen molar-refractivity contribution >= 4 is 23.5 Å². The van der Waals surface area contributed by atoms with Crippen LogP contribution in [0.3, 0.4) is 0 Å². The Morgan fingerprint density at radius 3 is 2.85 bits per heavy atom. The molecule has 1 aliphatic heterocycles. The number of thioether (sulfide) groups is 1. The first-order valence-corrected chi connectivity index (χ1v) is 8.96. The van der Waals surface area contributed by atoms with E-state index in [4.69, 9.17) is 9.47 Å². The number of amides is 1. The molecule has 0 saturated heterocycles. The normalized spacial score (nSPS) is 15.8. The summed E-state index contributed by atoms with van der Waals surface area (Å²) in [5.41, 5.74) is 0.845. The van der Waals surface area contributed by atoms with Gasteiger partial charge in [-0.15, -0.1) is 6.58 Å².